The van der Waals surface area contributed by atoms with Gasteiger partial charge in [0.1, 0.15) is 30.2 Å². The van der Waals surface area contributed by atoms with Gasteiger partial charge in [-0.25, -0.2) is 0 Å². The number of rotatable bonds is 29. The smallest absolute Gasteiger partial charge is 0.243 e. The van der Waals surface area contributed by atoms with Crippen LogP contribution in [0, 0.1) is 0 Å². The zero-order valence-corrected chi connectivity index (χ0v) is 51.5. The summed E-state index contributed by atoms with van der Waals surface area (Å²) in [4.78, 5) is 114. The Labute approximate surface area is 535 Å². The van der Waals surface area contributed by atoms with Crippen LogP contribution >= 0.6 is 0 Å². The number of benzene rings is 7. The number of para-hydroxylation sites is 1. The summed E-state index contributed by atoms with van der Waals surface area (Å²) in [5, 5.41) is 17.0. The Kier molecular flexibility index (Phi) is 23.7. The van der Waals surface area contributed by atoms with E-state index in [4.69, 9.17) is 34.4 Å². The number of amides is 8. The van der Waals surface area contributed by atoms with E-state index in [2.05, 4.69) is 38.0 Å². The predicted octanol–water partition coefficient (Wildman–Crippen LogP) is 5.58. The molecule has 0 fully saturated rings. The van der Waals surface area contributed by atoms with E-state index in [1.807, 2.05) is 55.5 Å². The number of unbranched alkanes of at least 4 members (excludes halogenated alkanes) is 2. The van der Waals surface area contributed by atoms with Crippen molar-refractivity contribution in [1.29, 1.82) is 0 Å². The molecule has 7 aromatic rings. The molecule has 8 amide bonds. The third-order valence-electron chi connectivity index (χ3n) is 16.0. The molecule has 1 heterocycles. The van der Waals surface area contributed by atoms with Gasteiger partial charge >= 0.3 is 0 Å². The van der Waals surface area contributed by atoms with Crippen LogP contribution in [-0.2, 0) is 77.0 Å². The van der Waals surface area contributed by atoms with Gasteiger partial charge in [-0.05, 0) is 131 Å². The van der Waals surface area contributed by atoms with Crippen molar-refractivity contribution in [2.45, 2.75) is 114 Å². The quantitative estimate of drug-likeness (QED) is 0.0201. The summed E-state index contributed by atoms with van der Waals surface area (Å²) in [6.07, 6.45) is 3.43. The minimum Gasteiger partial charge on any atom is -0.399 e. The molecule has 8 rings (SSSR count). The molecule has 0 spiro atoms. The van der Waals surface area contributed by atoms with E-state index in [0.29, 0.717) is 88.6 Å². The highest BCUT2D eigenvalue weighted by Crippen LogP contribution is 2.34. The lowest BCUT2D eigenvalue weighted by atomic mass is 9.96. The fourth-order valence-electron chi connectivity index (χ4n) is 10.8. The number of nitrogen functional groups attached to an aromatic ring is 5. The number of nitrogens with one attached hydrogen (secondary N) is 6. The van der Waals surface area contributed by atoms with Gasteiger partial charge < -0.3 is 71.2 Å². The molecule has 5 unspecified atom stereocenters. The summed E-state index contributed by atoms with van der Waals surface area (Å²) in [5.41, 5.74) is 46.1. The first kappa shape index (κ1) is 67.0. The van der Waals surface area contributed by atoms with Crippen LogP contribution < -0.4 is 71.2 Å². The van der Waals surface area contributed by atoms with E-state index in [1.54, 1.807) is 126 Å². The zero-order chi connectivity index (χ0) is 65.7. The fourth-order valence-corrected chi connectivity index (χ4v) is 10.8. The van der Waals surface area contributed by atoms with Crippen LogP contribution in [0.1, 0.15) is 90.0 Å². The summed E-state index contributed by atoms with van der Waals surface area (Å²) in [6, 6.07) is 42.7. The van der Waals surface area contributed by atoms with Crippen LogP contribution in [0.15, 0.2) is 170 Å². The average molecular weight is 1240 g/mol. The second kappa shape index (κ2) is 32.5. The van der Waals surface area contributed by atoms with E-state index in [1.165, 1.54) is 0 Å². The Morgan fingerprint density at radius 1 is 0.413 bits per heavy atom. The maximum atomic E-state index is 15.0. The number of nitrogens with two attached hydrogens (primary N) is 6. The fraction of sp³-hybridized carbons (Fsp3) is 0.268. The Morgan fingerprint density at radius 3 is 1.23 bits per heavy atom. The van der Waals surface area contributed by atoms with E-state index in [9.17, 15) is 38.4 Å². The highest BCUT2D eigenvalue weighted by molar-refractivity contribution is 6.01. The number of carbonyl (C=O) groups excluding carboxylic acids is 8. The Bertz CT molecular complexity index is 3750. The van der Waals surface area contributed by atoms with Crippen molar-refractivity contribution in [1.82, 2.24) is 31.9 Å². The summed E-state index contributed by atoms with van der Waals surface area (Å²) in [6.45, 7) is 2.71. The first-order valence-electron chi connectivity index (χ1n) is 30.7. The van der Waals surface area contributed by atoms with Crippen molar-refractivity contribution in [3.05, 3.63) is 214 Å². The molecule has 0 saturated heterocycles. The van der Waals surface area contributed by atoms with Crippen LogP contribution in [0.2, 0.25) is 0 Å². The van der Waals surface area contributed by atoms with Crippen molar-refractivity contribution in [2.24, 2.45) is 5.73 Å². The van der Waals surface area contributed by atoms with E-state index in [0.717, 1.165) is 28.0 Å². The maximum Gasteiger partial charge on any atom is 0.243 e. The number of hydrogen-bond donors (Lipinski definition) is 12. The van der Waals surface area contributed by atoms with Crippen LogP contribution in [0.4, 0.5) is 34.1 Å². The van der Waals surface area contributed by atoms with E-state index in [-0.39, 0.29) is 63.2 Å². The van der Waals surface area contributed by atoms with Crippen LogP contribution in [0.5, 0.6) is 0 Å². The van der Waals surface area contributed by atoms with Crippen molar-refractivity contribution < 1.29 is 38.4 Å². The van der Waals surface area contributed by atoms with Gasteiger partial charge in [-0.2, -0.15) is 0 Å². The largest absolute Gasteiger partial charge is 0.399 e. The van der Waals surface area contributed by atoms with Crippen molar-refractivity contribution in [2.75, 3.05) is 40.1 Å². The Hall–Kier alpha value is -11.0. The van der Waals surface area contributed by atoms with Gasteiger partial charge in [0.05, 0.1) is 12.2 Å². The highest BCUT2D eigenvalue weighted by atomic mass is 16.2. The predicted molar refractivity (Wildman–Crippen MR) is 360 cm³/mol. The Balaban J connectivity index is 0.929. The second-order valence-corrected chi connectivity index (χ2v) is 23.2. The number of fused-ring (bicyclic) bond motifs is 2. The molecule has 7 aromatic carbocycles. The van der Waals surface area contributed by atoms with Crippen molar-refractivity contribution in [3.8, 4) is 0 Å². The lowest BCUT2D eigenvalue weighted by Gasteiger charge is -2.28. The van der Waals surface area contributed by atoms with Gasteiger partial charge in [-0.1, -0.05) is 116 Å². The molecule has 0 saturated carbocycles. The van der Waals surface area contributed by atoms with Crippen LogP contribution in [0.25, 0.3) is 11.6 Å². The third kappa shape index (κ3) is 20.0. The average Bonchev–Trinajstić information content (AvgIpc) is 0.823. The summed E-state index contributed by atoms with van der Waals surface area (Å²) < 4.78 is 0. The first-order chi connectivity index (χ1) is 44.2. The van der Waals surface area contributed by atoms with E-state index < -0.39 is 65.7 Å². The number of allylic oxidation sites excluding steroid dienone is 1. The summed E-state index contributed by atoms with van der Waals surface area (Å²) >= 11 is 0. The van der Waals surface area contributed by atoms with Gasteiger partial charge in [-0.15, -0.1) is 0 Å². The topological polar surface area (TPSA) is 368 Å². The molecule has 478 valence electrons. The van der Waals surface area contributed by atoms with Gasteiger partial charge in [0, 0.05) is 91.9 Å². The summed E-state index contributed by atoms with van der Waals surface area (Å²) in [5.74, 6) is -4.72. The molecule has 0 aromatic heterocycles. The molecular weight excluding hydrogens is 1160 g/mol. The van der Waals surface area contributed by atoms with E-state index >= 15 is 0 Å². The number of primary amides is 1. The second-order valence-electron chi connectivity index (χ2n) is 23.2. The van der Waals surface area contributed by atoms with Gasteiger partial charge in [0.25, 0.3) is 0 Å². The first-order valence-corrected chi connectivity index (χ1v) is 30.7. The molecule has 18 N–H and O–H groups in total. The zero-order valence-electron chi connectivity index (χ0n) is 51.5. The number of anilines is 6. The molecule has 0 bridgehead atoms. The van der Waals surface area contributed by atoms with Gasteiger partial charge in [-0.3, -0.25) is 38.4 Å². The van der Waals surface area contributed by atoms with Crippen LogP contribution in [0.3, 0.4) is 0 Å². The molecule has 92 heavy (non-hydrogen) atoms. The number of hydrogen-bond acceptors (Lipinski definition) is 13. The monoisotopic (exact) mass is 1240 g/mol. The summed E-state index contributed by atoms with van der Waals surface area (Å²) in [7, 11) is 0. The maximum absolute atomic E-state index is 15.0. The molecule has 1 aliphatic rings. The number of carbonyl (C=O) groups is 8. The lowest BCUT2D eigenvalue weighted by Crippen LogP contribution is -2.60. The lowest BCUT2D eigenvalue weighted by molar-refractivity contribution is -0.135. The molecular formula is C71H81N13O8. The third-order valence-corrected chi connectivity index (χ3v) is 16.0. The van der Waals surface area contributed by atoms with Gasteiger partial charge in [0.15, 0.2) is 0 Å². The van der Waals surface area contributed by atoms with Crippen molar-refractivity contribution >= 4 is 93.0 Å². The standard InChI is InChI=1S/C71H81N13O8/c1-44-37-50-9-4-5-10-51(50)43-84(63-12-7-6-11-57(44)63)66(87)35-34-64(85)78-36-8-2-3-13-65(86)79-59(39-46-16-26-53(73)27-17-46)68(89)81-61(41-48-20-30-55(75)31-21-48)70(91)83-62(42-49-22-32-56(76)33-23-49)71(92)82-60(40-47-18-28-54(74)29-19-47)69(90)80-58(67(77)88)38-45-14-24-52(72)25-15-45/h4-7,9-12,14-33,37,58-62H,2-3,8,13,34-36,38-43,72-76H2,1H3,(H2,77,88)(H,78,85)(H,79,86)(H,80,90)(H,81,89)(H,82,92)(H,83,91). The highest BCUT2D eigenvalue weighted by Gasteiger charge is 2.34. The molecule has 21 heteroatoms. The van der Waals surface area contributed by atoms with Crippen LogP contribution in [-0.4, -0.2) is 84.0 Å². The Morgan fingerprint density at radius 2 is 0.793 bits per heavy atom. The minimum atomic E-state index is -1.39. The number of nitrogens with zero attached hydrogens (tertiary/aromatic N) is 1. The SMILES string of the molecule is CC1=Cc2ccccc2CN(C(=O)CCC(=O)NCCCCCC(=O)NC(Cc2ccc(N)cc2)C(=O)NC(Cc2ccc(N)cc2)C(=O)NC(Cc2ccc(N)cc2)C(=O)NC(Cc2ccc(N)cc2)C(=O)NC(Cc2ccc(N)cc2)C(N)=O)c2ccccc21. The molecule has 1 aliphatic heterocycles. The molecule has 0 aliphatic carbocycles. The normalized spacial score (nSPS) is 13.3. The van der Waals surface area contributed by atoms with Gasteiger partial charge in [0.2, 0.25) is 47.3 Å². The molecule has 21 nitrogen and oxygen atoms in total. The minimum absolute atomic E-state index is 0.00284. The molecule has 5 atom stereocenters. The molecule has 0 radical (unpaired) electrons. The van der Waals surface area contributed by atoms with Crippen molar-refractivity contribution in [3.63, 3.8) is 0 Å².